The zero-order chi connectivity index (χ0) is 13.2. The van der Waals surface area contributed by atoms with Crippen LogP contribution in [0.2, 0.25) is 5.02 Å². The fourth-order valence-corrected chi connectivity index (χ4v) is 2.66. The Morgan fingerprint density at radius 2 is 2.11 bits per heavy atom. The van der Waals surface area contributed by atoms with E-state index in [0.717, 1.165) is 12.1 Å². The van der Waals surface area contributed by atoms with Crippen LogP contribution in [0.1, 0.15) is 24.8 Å². The summed E-state index contributed by atoms with van der Waals surface area (Å²) in [7, 11) is 4.24. The number of halogens is 2. The van der Waals surface area contributed by atoms with Crippen LogP contribution in [0.15, 0.2) is 18.2 Å². The maximum absolute atomic E-state index is 13.1. The fourth-order valence-electron chi connectivity index (χ4n) is 2.48. The molecular formula is C14H20ClFN2. The highest BCUT2D eigenvalue weighted by atomic mass is 35.5. The summed E-state index contributed by atoms with van der Waals surface area (Å²) in [5.74, 6) is -0.234. The zero-order valence-corrected chi connectivity index (χ0v) is 11.7. The first-order chi connectivity index (χ1) is 8.53. The SMILES string of the molecule is CN(C)C1(CNCc2cc(F)ccc2Cl)CCC1. The molecule has 18 heavy (non-hydrogen) atoms. The van der Waals surface area contributed by atoms with Crippen molar-refractivity contribution in [2.24, 2.45) is 0 Å². The molecule has 0 saturated heterocycles. The Labute approximate surface area is 113 Å². The molecule has 0 amide bonds. The molecule has 0 aromatic heterocycles. The summed E-state index contributed by atoms with van der Waals surface area (Å²) >= 11 is 6.04. The topological polar surface area (TPSA) is 15.3 Å². The van der Waals surface area contributed by atoms with E-state index in [-0.39, 0.29) is 11.4 Å². The second-order valence-electron chi connectivity index (χ2n) is 5.31. The van der Waals surface area contributed by atoms with E-state index in [1.165, 1.54) is 31.4 Å². The Bertz CT molecular complexity index is 416. The van der Waals surface area contributed by atoms with E-state index < -0.39 is 0 Å². The van der Waals surface area contributed by atoms with E-state index in [0.29, 0.717) is 11.6 Å². The minimum Gasteiger partial charge on any atom is -0.311 e. The first kappa shape index (κ1) is 13.8. The summed E-state index contributed by atoms with van der Waals surface area (Å²) in [6.45, 7) is 1.54. The molecule has 2 nitrogen and oxygen atoms in total. The number of hydrogen-bond acceptors (Lipinski definition) is 2. The standard InChI is InChI=1S/C14H20ClFN2/c1-18(2)14(6-3-7-14)10-17-9-11-8-12(16)4-5-13(11)15/h4-5,8,17H,3,6-7,9-10H2,1-2H3. The van der Waals surface area contributed by atoms with Gasteiger partial charge in [-0.3, -0.25) is 0 Å². The summed E-state index contributed by atoms with van der Waals surface area (Å²) < 4.78 is 13.1. The van der Waals surface area contributed by atoms with E-state index in [1.807, 2.05) is 0 Å². The van der Waals surface area contributed by atoms with Crippen molar-refractivity contribution in [1.82, 2.24) is 10.2 Å². The molecule has 1 aliphatic carbocycles. The second-order valence-corrected chi connectivity index (χ2v) is 5.72. The summed E-state index contributed by atoms with van der Waals surface area (Å²) in [5, 5.41) is 4.02. The average molecular weight is 271 g/mol. The molecule has 0 heterocycles. The van der Waals surface area contributed by atoms with Crippen molar-refractivity contribution in [1.29, 1.82) is 0 Å². The summed E-state index contributed by atoms with van der Waals surface area (Å²) in [4.78, 5) is 2.29. The van der Waals surface area contributed by atoms with E-state index >= 15 is 0 Å². The minimum atomic E-state index is -0.234. The normalized spacial score (nSPS) is 17.8. The largest absolute Gasteiger partial charge is 0.311 e. The Balaban J connectivity index is 1.90. The highest BCUT2D eigenvalue weighted by molar-refractivity contribution is 6.31. The van der Waals surface area contributed by atoms with Gasteiger partial charge >= 0.3 is 0 Å². The minimum absolute atomic E-state index is 0.234. The molecule has 0 spiro atoms. The van der Waals surface area contributed by atoms with Crippen LogP contribution >= 0.6 is 11.6 Å². The molecule has 1 fully saturated rings. The smallest absolute Gasteiger partial charge is 0.123 e. The first-order valence-corrected chi connectivity index (χ1v) is 6.73. The van der Waals surface area contributed by atoms with Crippen molar-refractivity contribution >= 4 is 11.6 Å². The van der Waals surface area contributed by atoms with E-state index in [1.54, 1.807) is 6.07 Å². The summed E-state index contributed by atoms with van der Waals surface area (Å²) in [6, 6.07) is 4.50. The van der Waals surface area contributed by atoms with Crippen LogP contribution in [0.25, 0.3) is 0 Å². The lowest BCUT2D eigenvalue weighted by atomic mass is 9.75. The Hall–Kier alpha value is -0.640. The molecule has 1 aromatic rings. The van der Waals surface area contributed by atoms with Gasteiger partial charge in [-0.2, -0.15) is 0 Å². The van der Waals surface area contributed by atoms with Gasteiger partial charge in [0, 0.05) is 23.7 Å². The first-order valence-electron chi connectivity index (χ1n) is 6.36. The molecule has 1 aliphatic rings. The van der Waals surface area contributed by atoms with Crippen LogP contribution in [0.3, 0.4) is 0 Å². The van der Waals surface area contributed by atoms with Gasteiger partial charge in [-0.25, -0.2) is 4.39 Å². The third-order valence-corrected chi connectivity index (χ3v) is 4.38. The average Bonchev–Trinajstić information content (AvgIpc) is 2.26. The summed E-state index contributed by atoms with van der Waals surface area (Å²) in [5.41, 5.74) is 1.10. The van der Waals surface area contributed by atoms with Gasteiger partial charge in [-0.05, 0) is 57.1 Å². The van der Waals surface area contributed by atoms with E-state index in [4.69, 9.17) is 11.6 Å². The number of nitrogens with zero attached hydrogens (tertiary/aromatic N) is 1. The Kier molecular flexibility index (Phi) is 4.25. The predicted octanol–water partition coefficient (Wildman–Crippen LogP) is 3.05. The number of hydrogen-bond donors (Lipinski definition) is 1. The molecule has 4 heteroatoms. The van der Waals surface area contributed by atoms with Crippen molar-refractivity contribution < 1.29 is 4.39 Å². The van der Waals surface area contributed by atoms with Crippen LogP contribution in [0, 0.1) is 5.82 Å². The maximum atomic E-state index is 13.1. The number of likely N-dealkylation sites (N-methyl/N-ethyl adjacent to an activating group) is 1. The number of benzene rings is 1. The lowest BCUT2D eigenvalue weighted by Crippen LogP contribution is -2.56. The second kappa shape index (κ2) is 5.55. The van der Waals surface area contributed by atoms with E-state index in [9.17, 15) is 4.39 Å². The van der Waals surface area contributed by atoms with Gasteiger partial charge in [0.2, 0.25) is 0 Å². The van der Waals surface area contributed by atoms with Gasteiger partial charge in [0.05, 0.1) is 0 Å². The molecule has 0 atom stereocenters. The van der Waals surface area contributed by atoms with Crippen LogP contribution < -0.4 is 5.32 Å². The van der Waals surface area contributed by atoms with Crippen molar-refractivity contribution in [3.05, 3.63) is 34.6 Å². The van der Waals surface area contributed by atoms with Crippen LogP contribution in [-0.2, 0) is 6.54 Å². The molecule has 0 bridgehead atoms. The van der Waals surface area contributed by atoms with Crippen molar-refractivity contribution in [3.8, 4) is 0 Å². The lowest BCUT2D eigenvalue weighted by Gasteiger charge is -2.47. The molecule has 100 valence electrons. The van der Waals surface area contributed by atoms with Crippen LogP contribution in [0.4, 0.5) is 4.39 Å². The highest BCUT2D eigenvalue weighted by Crippen LogP contribution is 2.35. The molecule has 2 rings (SSSR count). The van der Waals surface area contributed by atoms with Gasteiger partial charge in [0.1, 0.15) is 5.82 Å². The van der Waals surface area contributed by atoms with E-state index in [2.05, 4.69) is 24.3 Å². The molecule has 1 aromatic carbocycles. The molecule has 1 saturated carbocycles. The van der Waals surface area contributed by atoms with Crippen LogP contribution in [0.5, 0.6) is 0 Å². The third-order valence-electron chi connectivity index (χ3n) is 4.01. The molecule has 0 radical (unpaired) electrons. The molecule has 0 aliphatic heterocycles. The van der Waals surface area contributed by atoms with Gasteiger partial charge in [-0.1, -0.05) is 11.6 Å². The van der Waals surface area contributed by atoms with Crippen molar-refractivity contribution in [2.45, 2.75) is 31.3 Å². The molecule has 1 N–H and O–H groups in total. The Morgan fingerprint density at radius 3 is 2.67 bits per heavy atom. The van der Waals surface area contributed by atoms with Crippen molar-refractivity contribution in [3.63, 3.8) is 0 Å². The third kappa shape index (κ3) is 2.85. The number of rotatable bonds is 5. The molecule has 0 unspecified atom stereocenters. The highest BCUT2D eigenvalue weighted by Gasteiger charge is 2.38. The monoisotopic (exact) mass is 270 g/mol. The van der Waals surface area contributed by atoms with Crippen LogP contribution in [-0.4, -0.2) is 31.1 Å². The van der Waals surface area contributed by atoms with Crippen molar-refractivity contribution in [2.75, 3.05) is 20.6 Å². The van der Waals surface area contributed by atoms with Gasteiger partial charge in [0.25, 0.3) is 0 Å². The quantitative estimate of drug-likeness (QED) is 0.885. The Morgan fingerprint density at radius 1 is 1.39 bits per heavy atom. The zero-order valence-electron chi connectivity index (χ0n) is 11.0. The van der Waals surface area contributed by atoms with Gasteiger partial charge in [-0.15, -0.1) is 0 Å². The summed E-state index contributed by atoms with van der Waals surface area (Å²) in [6.07, 6.45) is 3.74. The van der Waals surface area contributed by atoms with Gasteiger partial charge in [0.15, 0.2) is 0 Å². The predicted molar refractivity (Wildman–Crippen MR) is 73.4 cm³/mol. The van der Waals surface area contributed by atoms with Gasteiger partial charge < -0.3 is 10.2 Å². The molecular weight excluding hydrogens is 251 g/mol. The lowest BCUT2D eigenvalue weighted by molar-refractivity contribution is 0.0598. The maximum Gasteiger partial charge on any atom is 0.123 e. The number of nitrogens with one attached hydrogen (secondary N) is 1. The fraction of sp³-hybridized carbons (Fsp3) is 0.571.